The van der Waals surface area contributed by atoms with Gasteiger partial charge in [0.1, 0.15) is 0 Å². The van der Waals surface area contributed by atoms with E-state index in [0.717, 1.165) is 8.05 Å². The third-order valence-electron chi connectivity index (χ3n) is 0.224. The summed E-state index contributed by atoms with van der Waals surface area (Å²) in [4.78, 5) is 18.5. The summed E-state index contributed by atoms with van der Waals surface area (Å²) in [5.41, 5.74) is 0. The van der Waals surface area contributed by atoms with E-state index >= 15 is 0 Å². The van der Waals surface area contributed by atoms with Crippen molar-refractivity contribution in [1.82, 2.24) is 0 Å². The molecule has 0 aromatic carbocycles. The molecular weight excluding hydrogens is 171 g/mol. The van der Waals surface area contributed by atoms with E-state index in [4.69, 9.17) is 0 Å². The first kappa shape index (κ1) is 10.7. The molecule has 4 nitrogen and oxygen atoms in total. The van der Waals surface area contributed by atoms with Crippen LogP contribution in [-0.2, 0) is 28.5 Å². The van der Waals surface area contributed by atoms with Crippen LogP contribution in [0.2, 0.25) is 0 Å². The first-order chi connectivity index (χ1) is 2.56. The van der Waals surface area contributed by atoms with E-state index in [1.165, 1.54) is 0 Å². The van der Waals surface area contributed by atoms with Crippen LogP contribution in [0.25, 0.3) is 0 Å². The zero-order chi connectivity index (χ0) is 5.21. The Morgan fingerprint density at radius 3 is 1.71 bits per heavy atom. The van der Waals surface area contributed by atoms with Crippen molar-refractivity contribution in [3.05, 3.63) is 0 Å². The molecule has 0 radical (unpaired) electrons. The van der Waals surface area contributed by atoms with E-state index in [-0.39, 0.29) is 19.5 Å². The van der Waals surface area contributed by atoms with Crippen LogP contribution in [0, 0.1) is 0 Å². The van der Waals surface area contributed by atoms with Crippen LogP contribution in [0.3, 0.4) is 0 Å². The molecule has 36 valence electrons. The molecule has 7 heavy (non-hydrogen) atoms. The van der Waals surface area contributed by atoms with Gasteiger partial charge in [-0.15, -0.1) is 0 Å². The van der Waals surface area contributed by atoms with Crippen molar-refractivity contribution in [2.75, 3.05) is 0 Å². The predicted molar refractivity (Wildman–Crippen MR) is 17.2 cm³/mol. The number of phosphoric acid groups is 1. The minimum atomic E-state index is -4.65. The summed E-state index contributed by atoms with van der Waals surface area (Å²) in [6.45, 7) is 0. The van der Waals surface area contributed by atoms with Crippen LogP contribution in [0.5, 0.6) is 0 Å². The van der Waals surface area contributed by atoms with Gasteiger partial charge in [0.2, 0.25) is 0 Å². The van der Waals surface area contributed by atoms with Crippen LogP contribution in [0.1, 0.15) is 0 Å². The minimum absolute atomic E-state index is 0. The van der Waals surface area contributed by atoms with Gasteiger partial charge in [0.15, 0.2) is 0 Å². The van der Waals surface area contributed by atoms with Gasteiger partial charge >= 0.3 is 19.5 Å². The summed E-state index contributed by atoms with van der Waals surface area (Å²) < 4.78 is 12.6. The monoisotopic (exact) mass is 172 g/mol. The second-order valence-corrected chi connectivity index (χ2v) is 1.89. The molecule has 0 aliphatic carbocycles. The van der Waals surface area contributed by atoms with Gasteiger partial charge in [-0.25, -0.2) is 0 Å². The Kier molecular flexibility index (Phi) is 5.76. The smallest absolute Gasteiger partial charge is 0.791 e. The standard InChI is InChI=1S/BH4O4P.Zn/c1-5-6(2,3)4;/h1H2,(H2,2,3,4);/q;+2/p-2. The molecule has 0 aromatic heterocycles. The van der Waals surface area contributed by atoms with Crippen LogP contribution >= 0.6 is 7.82 Å². The van der Waals surface area contributed by atoms with Crippen molar-refractivity contribution in [1.29, 1.82) is 0 Å². The Hall–Kier alpha value is 0.798. The van der Waals surface area contributed by atoms with E-state index in [1.807, 2.05) is 0 Å². The molecule has 0 aromatic rings. The summed E-state index contributed by atoms with van der Waals surface area (Å²) in [7, 11) is -3.83. The van der Waals surface area contributed by atoms with Gasteiger partial charge < -0.3 is 18.8 Å². The summed E-state index contributed by atoms with van der Waals surface area (Å²) in [5, 5.41) is 0. The van der Waals surface area contributed by atoms with Crippen molar-refractivity contribution in [2.45, 2.75) is 0 Å². The number of hydrogen-bond acceptors (Lipinski definition) is 4. The van der Waals surface area contributed by atoms with E-state index in [0.29, 0.717) is 0 Å². The topological polar surface area (TPSA) is 72.4 Å². The van der Waals surface area contributed by atoms with Crippen LogP contribution in [0.15, 0.2) is 0 Å². The maximum Gasteiger partial charge on any atom is 2.00 e. The van der Waals surface area contributed by atoms with Crippen molar-refractivity contribution < 1.29 is 38.3 Å². The van der Waals surface area contributed by atoms with E-state index in [2.05, 4.69) is 4.44 Å². The van der Waals surface area contributed by atoms with Crippen LogP contribution in [-0.4, -0.2) is 8.05 Å². The van der Waals surface area contributed by atoms with Crippen LogP contribution < -0.4 is 9.79 Å². The second kappa shape index (κ2) is 3.76. The molecule has 0 bridgehead atoms. The zero-order valence-electron chi connectivity index (χ0n) is 3.79. The summed E-state index contributed by atoms with van der Waals surface area (Å²) in [6, 6.07) is 0. The Bertz CT molecular complexity index is 75.8. The molecule has 0 atom stereocenters. The Balaban J connectivity index is 0. The largest absolute Gasteiger partial charge is 2.00 e. The fraction of sp³-hybridized carbons (Fsp3) is 0. The third kappa shape index (κ3) is 10.8. The van der Waals surface area contributed by atoms with Crippen molar-refractivity contribution >= 4 is 15.9 Å². The third-order valence-corrected chi connectivity index (χ3v) is 0.671. The first-order valence-corrected chi connectivity index (χ1v) is 2.60. The van der Waals surface area contributed by atoms with Gasteiger partial charge in [-0.05, 0) is 0 Å². The van der Waals surface area contributed by atoms with Gasteiger partial charge in [0, 0.05) is 7.82 Å². The van der Waals surface area contributed by atoms with E-state index in [9.17, 15) is 14.4 Å². The molecule has 0 aliphatic rings. The minimum Gasteiger partial charge on any atom is -0.791 e. The molecule has 0 heterocycles. The maximum atomic E-state index is 9.25. The number of hydrogen-bond donors (Lipinski definition) is 0. The summed E-state index contributed by atoms with van der Waals surface area (Å²) in [5.74, 6) is 0. The van der Waals surface area contributed by atoms with Gasteiger partial charge in [0.05, 0.1) is 0 Å². The quantitative estimate of drug-likeness (QED) is 0.321. The molecule has 7 heteroatoms. The Morgan fingerprint density at radius 2 is 1.71 bits per heavy atom. The average Bonchev–Trinajstić information content (AvgIpc) is 1.35. The average molecular weight is 173 g/mol. The predicted octanol–water partition coefficient (Wildman–Crippen LogP) is -2.62. The molecule has 0 spiro atoms. The van der Waals surface area contributed by atoms with Crippen molar-refractivity contribution in [3.63, 3.8) is 0 Å². The maximum absolute atomic E-state index is 9.25. The van der Waals surface area contributed by atoms with Gasteiger partial charge in [-0.3, -0.25) is 0 Å². The van der Waals surface area contributed by atoms with Gasteiger partial charge in [0.25, 0.3) is 8.05 Å². The second-order valence-electron chi connectivity index (χ2n) is 0.630. The zero-order valence-corrected chi connectivity index (χ0v) is 7.65. The summed E-state index contributed by atoms with van der Waals surface area (Å²) in [6.07, 6.45) is 0. The normalized spacial score (nSPS) is 10.0. The fourth-order valence-corrected chi connectivity index (χ4v) is 0. The molecule has 0 rings (SSSR count). The Morgan fingerprint density at radius 1 is 1.57 bits per heavy atom. The Labute approximate surface area is 54.7 Å². The SMILES string of the molecule is BOP(=O)([O-])[O-].[Zn+2]. The molecule has 0 fully saturated rings. The van der Waals surface area contributed by atoms with Crippen molar-refractivity contribution in [3.8, 4) is 0 Å². The summed E-state index contributed by atoms with van der Waals surface area (Å²) >= 11 is 0. The molecule has 0 aliphatic heterocycles. The molecular formula is H2BO4PZn. The van der Waals surface area contributed by atoms with Gasteiger partial charge in [-0.2, -0.15) is 0 Å². The van der Waals surface area contributed by atoms with Gasteiger partial charge in [-0.1, -0.05) is 0 Å². The molecule has 0 amide bonds. The fourth-order valence-electron chi connectivity index (χ4n) is 0. The first-order valence-electron chi connectivity index (χ1n) is 1.14. The molecule has 0 N–H and O–H groups in total. The number of rotatable bonds is 1. The van der Waals surface area contributed by atoms with E-state index in [1.54, 1.807) is 0 Å². The molecule has 0 unspecified atom stereocenters. The molecule has 0 saturated heterocycles. The van der Waals surface area contributed by atoms with E-state index < -0.39 is 7.82 Å². The van der Waals surface area contributed by atoms with Crippen LogP contribution in [0.4, 0.5) is 0 Å². The molecule has 0 saturated carbocycles. The van der Waals surface area contributed by atoms with Crippen molar-refractivity contribution in [2.24, 2.45) is 0 Å².